The van der Waals surface area contributed by atoms with E-state index in [-0.39, 0.29) is 24.3 Å². The Hall–Kier alpha value is -1.99. The maximum absolute atomic E-state index is 12.9. The Kier molecular flexibility index (Phi) is 4.08. The van der Waals surface area contributed by atoms with Crippen LogP contribution in [0.4, 0.5) is 8.78 Å². The standard InChI is InChI=1S/C15H20F2N4O2/c1-2-3-13(22)19-7-11-4-5-18-21(11)12(8-19)6-14(23)20-9-15(16,17)10-20/h4-5,12H,2-3,6-10H2,1H3/t12-/m1/s1. The Morgan fingerprint density at radius 3 is 2.70 bits per heavy atom. The topological polar surface area (TPSA) is 58.4 Å². The molecule has 1 fully saturated rings. The quantitative estimate of drug-likeness (QED) is 0.841. The van der Waals surface area contributed by atoms with Crippen LogP contribution in [-0.2, 0) is 16.1 Å². The third-order valence-corrected chi connectivity index (χ3v) is 4.31. The van der Waals surface area contributed by atoms with E-state index < -0.39 is 19.0 Å². The lowest BCUT2D eigenvalue weighted by Crippen LogP contribution is -2.59. The number of carbonyl (C=O) groups is 2. The number of amides is 2. The van der Waals surface area contributed by atoms with Gasteiger partial charge in [-0.3, -0.25) is 14.3 Å². The number of rotatable bonds is 4. The van der Waals surface area contributed by atoms with Gasteiger partial charge < -0.3 is 9.80 Å². The van der Waals surface area contributed by atoms with E-state index in [2.05, 4.69) is 5.10 Å². The van der Waals surface area contributed by atoms with E-state index in [0.29, 0.717) is 19.5 Å². The van der Waals surface area contributed by atoms with Crippen molar-refractivity contribution in [2.24, 2.45) is 0 Å². The number of hydrogen-bond acceptors (Lipinski definition) is 3. The van der Waals surface area contributed by atoms with E-state index in [4.69, 9.17) is 0 Å². The van der Waals surface area contributed by atoms with Gasteiger partial charge in [0, 0.05) is 19.2 Å². The minimum atomic E-state index is -2.76. The first-order valence-electron chi connectivity index (χ1n) is 7.85. The SMILES string of the molecule is CCCC(=O)N1Cc2ccnn2[C@H](CC(=O)N2CC(F)(F)C2)C1. The van der Waals surface area contributed by atoms with E-state index in [1.165, 1.54) is 0 Å². The second-order valence-electron chi connectivity index (χ2n) is 6.26. The highest BCUT2D eigenvalue weighted by atomic mass is 19.3. The number of aromatic nitrogens is 2. The molecule has 0 saturated carbocycles. The van der Waals surface area contributed by atoms with Crippen LogP contribution in [0.5, 0.6) is 0 Å². The van der Waals surface area contributed by atoms with Gasteiger partial charge in [0.2, 0.25) is 11.8 Å². The molecule has 2 aliphatic heterocycles. The van der Waals surface area contributed by atoms with Crippen molar-refractivity contribution in [2.45, 2.75) is 44.7 Å². The zero-order chi connectivity index (χ0) is 16.6. The van der Waals surface area contributed by atoms with Crippen LogP contribution in [0.2, 0.25) is 0 Å². The third-order valence-electron chi connectivity index (χ3n) is 4.31. The first-order chi connectivity index (χ1) is 10.9. The maximum atomic E-state index is 12.9. The minimum Gasteiger partial charge on any atom is -0.335 e. The van der Waals surface area contributed by atoms with Crippen molar-refractivity contribution in [3.63, 3.8) is 0 Å². The molecule has 1 saturated heterocycles. The highest BCUT2D eigenvalue weighted by Crippen LogP contribution is 2.30. The Labute approximate surface area is 133 Å². The molecule has 2 amide bonds. The molecule has 3 heterocycles. The molecule has 2 aliphatic rings. The summed E-state index contributed by atoms with van der Waals surface area (Å²) in [6, 6.07) is 1.52. The lowest BCUT2D eigenvalue weighted by Gasteiger charge is -2.40. The average molecular weight is 326 g/mol. The van der Waals surface area contributed by atoms with Crippen LogP contribution in [0.15, 0.2) is 12.3 Å². The number of fused-ring (bicyclic) bond motifs is 1. The molecule has 0 unspecified atom stereocenters. The fourth-order valence-corrected chi connectivity index (χ4v) is 3.12. The van der Waals surface area contributed by atoms with Gasteiger partial charge in [-0.2, -0.15) is 5.10 Å². The molecule has 0 aliphatic carbocycles. The number of hydrogen-bond donors (Lipinski definition) is 0. The lowest BCUT2D eigenvalue weighted by molar-refractivity contribution is -0.166. The Morgan fingerprint density at radius 1 is 1.30 bits per heavy atom. The van der Waals surface area contributed by atoms with Gasteiger partial charge in [-0.05, 0) is 12.5 Å². The first kappa shape index (κ1) is 15.9. The molecule has 1 aromatic heterocycles. The molecule has 0 N–H and O–H groups in total. The number of likely N-dealkylation sites (tertiary alicyclic amines) is 1. The van der Waals surface area contributed by atoms with Crippen molar-refractivity contribution in [2.75, 3.05) is 19.6 Å². The van der Waals surface area contributed by atoms with Crippen LogP contribution in [0, 0.1) is 0 Å². The Morgan fingerprint density at radius 2 is 2.04 bits per heavy atom. The Balaban J connectivity index is 1.68. The first-order valence-corrected chi connectivity index (χ1v) is 7.85. The van der Waals surface area contributed by atoms with Crippen molar-refractivity contribution in [1.29, 1.82) is 0 Å². The zero-order valence-corrected chi connectivity index (χ0v) is 13.0. The zero-order valence-electron chi connectivity index (χ0n) is 13.0. The van der Waals surface area contributed by atoms with Gasteiger partial charge in [0.1, 0.15) is 0 Å². The van der Waals surface area contributed by atoms with Crippen molar-refractivity contribution >= 4 is 11.8 Å². The molecule has 0 aromatic carbocycles. The van der Waals surface area contributed by atoms with Gasteiger partial charge in [-0.1, -0.05) is 6.92 Å². The predicted molar refractivity (Wildman–Crippen MR) is 77.7 cm³/mol. The van der Waals surface area contributed by atoms with E-state index in [1.807, 2.05) is 13.0 Å². The summed E-state index contributed by atoms with van der Waals surface area (Å²) >= 11 is 0. The van der Waals surface area contributed by atoms with E-state index >= 15 is 0 Å². The summed E-state index contributed by atoms with van der Waals surface area (Å²) in [5.41, 5.74) is 0.868. The van der Waals surface area contributed by atoms with E-state index in [1.54, 1.807) is 15.8 Å². The fraction of sp³-hybridized carbons (Fsp3) is 0.667. The normalized spacial score (nSPS) is 22.5. The van der Waals surface area contributed by atoms with E-state index in [0.717, 1.165) is 17.0 Å². The molecule has 6 nitrogen and oxygen atoms in total. The van der Waals surface area contributed by atoms with Gasteiger partial charge in [-0.15, -0.1) is 0 Å². The van der Waals surface area contributed by atoms with Crippen LogP contribution in [0.1, 0.15) is 37.9 Å². The summed E-state index contributed by atoms with van der Waals surface area (Å²) in [5.74, 6) is -3.03. The molecule has 126 valence electrons. The van der Waals surface area contributed by atoms with Crippen molar-refractivity contribution in [3.05, 3.63) is 18.0 Å². The highest BCUT2D eigenvalue weighted by Gasteiger charge is 2.46. The van der Waals surface area contributed by atoms with Crippen LogP contribution in [0.3, 0.4) is 0 Å². The lowest BCUT2D eigenvalue weighted by atomic mass is 10.1. The molecule has 3 rings (SSSR count). The number of alkyl halides is 2. The molecular formula is C15H20F2N4O2. The van der Waals surface area contributed by atoms with Gasteiger partial charge in [-0.25, -0.2) is 8.78 Å². The molecule has 1 atom stereocenters. The summed E-state index contributed by atoms with van der Waals surface area (Å²) in [6.45, 7) is 1.79. The smallest absolute Gasteiger partial charge is 0.282 e. The summed E-state index contributed by atoms with van der Waals surface area (Å²) in [5, 5.41) is 4.22. The van der Waals surface area contributed by atoms with Crippen LogP contribution in [-0.4, -0.2) is 57.0 Å². The van der Waals surface area contributed by atoms with Gasteiger partial charge in [0.15, 0.2) is 0 Å². The minimum absolute atomic E-state index is 0.0490. The van der Waals surface area contributed by atoms with E-state index in [9.17, 15) is 18.4 Å². The molecule has 8 heteroatoms. The van der Waals surface area contributed by atoms with Gasteiger partial charge in [0.25, 0.3) is 5.92 Å². The second kappa shape index (κ2) is 5.90. The number of halogens is 2. The summed E-state index contributed by atoms with van der Waals surface area (Å²) in [6.07, 6.45) is 2.95. The number of nitrogens with zero attached hydrogens (tertiary/aromatic N) is 4. The third kappa shape index (κ3) is 3.20. The van der Waals surface area contributed by atoms with Crippen molar-refractivity contribution in [3.8, 4) is 0 Å². The van der Waals surface area contributed by atoms with Crippen LogP contribution in [0.25, 0.3) is 0 Å². The molecule has 23 heavy (non-hydrogen) atoms. The fourth-order valence-electron chi connectivity index (χ4n) is 3.12. The predicted octanol–water partition coefficient (Wildman–Crippen LogP) is 1.43. The average Bonchev–Trinajstić information content (AvgIpc) is 2.93. The molecular weight excluding hydrogens is 306 g/mol. The van der Waals surface area contributed by atoms with Gasteiger partial charge in [0.05, 0.1) is 37.8 Å². The van der Waals surface area contributed by atoms with Gasteiger partial charge >= 0.3 is 0 Å². The number of carbonyl (C=O) groups excluding carboxylic acids is 2. The van der Waals surface area contributed by atoms with Crippen LogP contribution >= 0.6 is 0 Å². The Bertz CT molecular complexity index is 608. The van der Waals surface area contributed by atoms with Crippen molar-refractivity contribution < 1.29 is 18.4 Å². The van der Waals surface area contributed by atoms with Crippen molar-refractivity contribution in [1.82, 2.24) is 19.6 Å². The summed E-state index contributed by atoms with van der Waals surface area (Å²) in [4.78, 5) is 27.2. The molecule has 0 bridgehead atoms. The molecule has 0 spiro atoms. The molecule has 1 aromatic rings. The van der Waals surface area contributed by atoms with Crippen LogP contribution < -0.4 is 0 Å². The largest absolute Gasteiger partial charge is 0.335 e. The molecule has 0 radical (unpaired) electrons. The summed E-state index contributed by atoms with van der Waals surface area (Å²) < 4.78 is 27.6. The monoisotopic (exact) mass is 326 g/mol. The maximum Gasteiger partial charge on any atom is 0.282 e. The second-order valence-corrected chi connectivity index (χ2v) is 6.26. The summed E-state index contributed by atoms with van der Waals surface area (Å²) in [7, 11) is 0. The highest BCUT2D eigenvalue weighted by molar-refractivity contribution is 5.78.